The average Bonchev–Trinajstić information content (AvgIpc) is 2.84. The van der Waals surface area contributed by atoms with E-state index in [-0.39, 0.29) is 5.78 Å². The largest absolute Gasteiger partial charge is 0.483 e. The van der Waals surface area contributed by atoms with Crippen molar-refractivity contribution >= 4 is 11.8 Å². The minimum atomic E-state index is -1.22. The summed E-state index contributed by atoms with van der Waals surface area (Å²) in [5, 5.41) is 10.3. The van der Waals surface area contributed by atoms with Crippen LogP contribution in [0.2, 0.25) is 0 Å². The number of aliphatic hydroxyl groups is 1. The summed E-state index contributed by atoms with van der Waals surface area (Å²) in [6.45, 7) is 8.06. The monoisotopic (exact) mass is 318 g/mol. The second-order valence-corrected chi connectivity index (χ2v) is 6.30. The Hall–Kier alpha value is -2.14. The van der Waals surface area contributed by atoms with Gasteiger partial charge in [0.25, 0.3) is 0 Å². The topological polar surface area (TPSA) is 72.8 Å². The van der Waals surface area contributed by atoms with Gasteiger partial charge in [-0.3, -0.25) is 4.79 Å². The number of hydrogen-bond acceptors (Lipinski definition) is 5. The van der Waals surface area contributed by atoms with Crippen LogP contribution in [-0.2, 0) is 9.53 Å². The van der Waals surface area contributed by atoms with Gasteiger partial charge < -0.3 is 14.6 Å². The Labute approximate surface area is 135 Å². The number of hydrogen-bond donors (Lipinski definition) is 1. The summed E-state index contributed by atoms with van der Waals surface area (Å²) >= 11 is 0. The van der Waals surface area contributed by atoms with Crippen molar-refractivity contribution in [2.75, 3.05) is 0 Å². The Morgan fingerprint density at radius 1 is 1.30 bits per heavy atom. The van der Waals surface area contributed by atoms with Crippen LogP contribution < -0.4 is 4.74 Å². The molecule has 0 amide bonds. The molecule has 1 aromatic rings. The van der Waals surface area contributed by atoms with E-state index in [2.05, 4.69) is 0 Å². The Morgan fingerprint density at radius 3 is 2.48 bits per heavy atom. The molecular weight excluding hydrogens is 296 g/mol. The predicted molar refractivity (Wildman–Crippen MR) is 85.4 cm³/mol. The van der Waals surface area contributed by atoms with Gasteiger partial charge in [0.15, 0.2) is 18.0 Å². The number of rotatable bonds is 4. The summed E-state index contributed by atoms with van der Waals surface area (Å²) in [6.07, 6.45) is 0.143. The lowest BCUT2D eigenvalue weighted by molar-refractivity contribution is -0.155. The number of ether oxygens (including phenoxy) is 2. The van der Waals surface area contributed by atoms with Crippen LogP contribution in [0, 0.1) is 0 Å². The lowest BCUT2D eigenvalue weighted by Gasteiger charge is -2.29. The second-order valence-electron chi connectivity index (χ2n) is 6.30. The molecule has 5 nitrogen and oxygen atoms in total. The number of fused-ring (bicyclic) bond motifs is 1. The molecule has 0 aromatic heterocycles. The molecule has 5 heteroatoms. The molecule has 0 spiro atoms. The fraction of sp³-hybridized carbons (Fsp3) is 0.444. The molecule has 2 rings (SSSR count). The van der Waals surface area contributed by atoms with Crippen LogP contribution in [0.4, 0.5) is 0 Å². The molecule has 1 aliphatic heterocycles. The van der Waals surface area contributed by atoms with Crippen molar-refractivity contribution in [1.82, 2.24) is 0 Å². The standard InChI is InChI=1S/C18H22O5/c1-6-10(2)17(20)23-15-13-9-12(11(3)19)7-8-14(13)22-16(15)18(4,5)21/h6-9,15-16,21H,1-5H3/t15-,16+/m1/s1. The number of esters is 1. The van der Waals surface area contributed by atoms with E-state index in [9.17, 15) is 14.7 Å². The Morgan fingerprint density at radius 2 is 1.96 bits per heavy atom. The van der Waals surface area contributed by atoms with E-state index < -0.39 is 23.8 Å². The molecule has 2 atom stereocenters. The fourth-order valence-corrected chi connectivity index (χ4v) is 2.42. The summed E-state index contributed by atoms with van der Waals surface area (Å²) in [7, 11) is 0. The smallest absolute Gasteiger partial charge is 0.334 e. The number of carbonyl (C=O) groups excluding carboxylic acids is 2. The highest BCUT2D eigenvalue weighted by Gasteiger charge is 2.46. The minimum Gasteiger partial charge on any atom is -0.483 e. The van der Waals surface area contributed by atoms with Gasteiger partial charge >= 0.3 is 5.97 Å². The molecule has 1 heterocycles. The molecule has 23 heavy (non-hydrogen) atoms. The van der Waals surface area contributed by atoms with Gasteiger partial charge in [0.05, 0.1) is 5.60 Å². The number of benzene rings is 1. The van der Waals surface area contributed by atoms with Gasteiger partial charge in [0.1, 0.15) is 5.75 Å². The average molecular weight is 318 g/mol. The lowest BCUT2D eigenvalue weighted by atomic mass is 9.93. The first kappa shape index (κ1) is 17.2. The van der Waals surface area contributed by atoms with Crippen LogP contribution in [-0.4, -0.2) is 28.6 Å². The molecule has 0 saturated carbocycles. The van der Waals surface area contributed by atoms with Gasteiger partial charge in [-0.25, -0.2) is 4.79 Å². The van der Waals surface area contributed by atoms with E-state index in [0.717, 1.165) is 0 Å². The third kappa shape index (κ3) is 3.45. The quantitative estimate of drug-likeness (QED) is 0.525. The number of allylic oxidation sites excluding steroid dienone is 1. The molecule has 1 aliphatic rings. The molecule has 0 bridgehead atoms. The highest BCUT2D eigenvalue weighted by molar-refractivity contribution is 5.94. The zero-order valence-electron chi connectivity index (χ0n) is 14.0. The third-order valence-electron chi connectivity index (χ3n) is 3.94. The minimum absolute atomic E-state index is 0.0887. The van der Waals surface area contributed by atoms with Crippen LogP contribution in [0.1, 0.15) is 56.6 Å². The summed E-state index contributed by atoms with van der Waals surface area (Å²) in [5.74, 6) is -0.0521. The maximum absolute atomic E-state index is 12.1. The third-order valence-corrected chi connectivity index (χ3v) is 3.94. The van der Waals surface area contributed by atoms with E-state index >= 15 is 0 Å². The van der Waals surface area contributed by atoms with Crippen LogP contribution in [0.5, 0.6) is 5.75 Å². The van der Waals surface area contributed by atoms with Crippen LogP contribution >= 0.6 is 0 Å². The van der Waals surface area contributed by atoms with Gasteiger partial charge in [0.2, 0.25) is 0 Å². The molecular formula is C18H22O5. The zero-order chi connectivity index (χ0) is 17.4. The maximum Gasteiger partial charge on any atom is 0.334 e. The normalized spacial score (nSPS) is 20.7. The van der Waals surface area contributed by atoms with Gasteiger partial charge in [0, 0.05) is 16.7 Å². The van der Waals surface area contributed by atoms with Gasteiger partial charge in [-0.2, -0.15) is 0 Å². The molecule has 1 aromatic carbocycles. The van der Waals surface area contributed by atoms with Gasteiger partial charge in [-0.1, -0.05) is 6.08 Å². The first-order valence-corrected chi connectivity index (χ1v) is 7.53. The fourth-order valence-electron chi connectivity index (χ4n) is 2.42. The summed E-state index contributed by atoms with van der Waals surface area (Å²) in [4.78, 5) is 23.7. The van der Waals surface area contributed by atoms with E-state index in [1.165, 1.54) is 6.92 Å². The summed E-state index contributed by atoms with van der Waals surface area (Å²) in [5.41, 5.74) is 0.356. The van der Waals surface area contributed by atoms with E-state index in [0.29, 0.717) is 22.4 Å². The number of carbonyl (C=O) groups is 2. The van der Waals surface area contributed by atoms with E-state index in [1.54, 1.807) is 52.0 Å². The molecule has 0 saturated heterocycles. The molecule has 124 valence electrons. The molecule has 0 unspecified atom stereocenters. The zero-order valence-corrected chi connectivity index (χ0v) is 14.0. The molecule has 0 fully saturated rings. The van der Waals surface area contributed by atoms with Gasteiger partial charge in [-0.15, -0.1) is 0 Å². The van der Waals surface area contributed by atoms with Crippen molar-refractivity contribution in [2.24, 2.45) is 0 Å². The second kappa shape index (κ2) is 6.16. The Bertz CT molecular complexity index is 666. The SMILES string of the molecule is CC=C(C)C(=O)O[C@@H]1c2cc(C(C)=O)ccc2O[C@@H]1C(C)(C)O. The van der Waals surface area contributed by atoms with Crippen molar-refractivity contribution in [3.8, 4) is 5.75 Å². The van der Waals surface area contributed by atoms with Crippen molar-refractivity contribution < 1.29 is 24.2 Å². The van der Waals surface area contributed by atoms with Crippen molar-refractivity contribution in [2.45, 2.75) is 52.4 Å². The van der Waals surface area contributed by atoms with E-state index in [4.69, 9.17) is 9.47 Å². The highest BCUT2D eigenvalue weighted by atomic mass is 16.6. The number of ketones is 1. The van der Waals surface area contributed by atoms with Crippen molar-refractivity contribution in [3.05, 3.63) is 41.0 Å². The Balaban J connectivity index is 2.44. The van der Waals surface area contributed by atoms with E-state index in [1.807, 2.05) is 0 Å². The van der Waals surface area contributed by atoms with Crippen LogP contribution in [0.25, 0.3) is 0 Å². The van der Waals surface area contributed by atoms with Crippen LogP contribution in [0.3, 0.4) is 0 Å². The summed E-state index contributed by atoms with van der Waals surface area (Å²) in [6, 6.07) is 4.98. The van der Waals surface area contributed by atoms with Crippen molar-refractivity contribution in [3.63, 3.8) is 0 Å². The first-order valence-electron chi connectivity index (χ1n) is 7.53. The maximum atomic E-state index is 12.1. The van der Waals surface area contributed by atoms with Gasteiger partial charge in [-0.05, 0) is 52.8 Å². The summed E-state index contributed by atoms with van der Waals surface area (Å²) < 4.78 is 11.3. The Kier molecular flexibility index (Phi) is 4.61. The molecule has 0 aliphatic carbocycles. The molecule has 1 N–H and O–H groups in total. The molecule has 0 radical (unpaired) electrons. The lowest BCUT2D eigenvalue weighted by Crippen LogP contribution is -2.43. The first-order chi connectivity index (χ1) is 10.6. The highest BCUT2D eigenvalue weighted by Crippen LogP contribution is 2.43. The van der Waals surface area contributed by atoms with Crippen molar-refractivity contribution in [1.29, 1.82) is 0 Å². The van der Waals surface area contributed by atoms with Crippen LogP contribution in [0.15, 0.2) is 29.8 Å². The number of Topliss-reactive ketones (excluding diaryl/α,β-unsaturated/α-hetero) is 1. The predicted octanol–water partition coefficient (Wildman–Crippen LogP) is 2.97.